The molecule has 1 heterocycles. The Kier molecular flexibility index (Phi) is 64.1. The van der Waals surface area contributed by atoms with Crippen LogP contribution in [0.4, 0.5) is 0 Å². The van der Waals surface area contributed by atoms with Crippen molar-refractivity contribution in [3.63, 3.8) is 0 Å². The minimum atomic E-state index is -1.55. The predicted octanol–water partition coefficient (Wildman–Crippen LogP) is 21.5. The molecule has 0 aromatic carbocycles. The van der Waals surface area contributed by atoms with Gasteiger partial charge < -0.3 is 40.3 Å². The molecule has 1 saturated heterocycles. The number of hydrogen-bond acceptors (Lipinski definition) is 8. The summed E-state index contributed by atoms with van der Waals surface area (Å²) in [5.74, 6) is -0.137. The van der Waals surface area contributed by atoms with Gasteiger partial charge in [0.25, 0.3) is 0 Å². The molecular formula is C78H147NO8. The highest BCUT2D eigenvalue weighted by Crippen LogP contribution is 2.24. The van der Waals surface area contributed by atoms with Crippen LogP contribution in [0.15, 0.2) is 48.6 Å². The standard InChI is InChI=1S/C78H147NO8/c1-3-5-7-9-11-13-15-17-19-21-23-25-27-29-31-33-35-36-38-39-41-43-45-47-49-51-53-55-57-59-61-63-65-67-72(81)71(70-86-78-77(85)76(84)75(83)73(69-80)87-78)79-74(82)68-66-64-62-60-58-56-54-52-50-48-46-44-42-40-37-34-32-30-28-26-24-22-20-18-16-14-12-10-8-6-4-2/h6,8,12,14,18,20,24,26,71-73,75-78,80-81,83-85H,3-5,7,9-11,13,15-17,19,21-23,25,27-70H2,1-2H3,(H,79,82)/b8-6-,14-12-,20-18-,26-24-. The predicted molar refractivity (Wildman–Crippen MR) is 373 cm³/mol. The topological polar surface area (TPSA) is 149 Å². The number of ether oxygens (including phenoxy) is 2. The largest absolute Gasteiger partial charge is 0.394 e. The summed E-state index contributed by atoms with van der Waals surface area (Å²) in [6, 6.07) is -0.721. The van der Waals surface area contributed by atoms with Crippen molar-refractivity contribution >= 4 is 5.91 Å². The highest BCUT2D eigenvalue weighted by molar-refractivity contribution is 5.76. The van der Waals surface area contributed by atoms with Gasteiger partial charge in [0.2, 0.25) is 5.91 Å². The molecule has 6 N–H and O–H groups in total. The number of allylic oxidation sites excluding steroid dienone is 8. The van der Waals surface area contributed by atoms with E-state index in [1.165, 1.54) is 295 Å². The third kappa shape index (κ3) is 55.5. The van der Waals surface area contributed by atoms with Gasteiger partial charge in [0.1, 0.15) is 24.4 Å². The van der Waals surface area contributed by atoms with E-state index in [9.17, 15) is 30.3 Å². The number of hydrogen-bond donors (Lipinski definition) is 6. The monoisotopic (exact) mass is 1230 g/mol. The first-order chi connectivity index (χ1) is 42.8. The van der Waals surface area contributed by atoms with Crippen molar-refractivity contribution in [3.8, 4) is 0 Å². The fraction of sp³-hybridized carbons (Fsp3) is 0.885. The lowest BCUT2D eigenvalue weighted by molar-refractivity contribution is -0.302. The lowest BCUT2D eigenvalue weighted by atomic mass is 9.99. The fourth-order valence-corrected chi connectivity index (χ4v) is 12.5. The molecule has 512 valence electrons. The van der Waals surface area contributed by atoms with Crippen molar-refractivity contribution in [1.29, 1.82) is 0 Å². The SMILES string of the molecule is CC/C=C\C/C=C\C/C=C\C/C=C\CCCCCCCCCCCCCCCCCCCCC(=O)NC(COC1OC(CO)C(O)C(O)C1O)C(O)CCCCCCCCCCCCCCCCCCCCCCCCCCCCCCCCCCC. The van der Waals surface area contributed by atoms with Crippen molar-refractivity contribution in [2.45, 2.75) is 429 Å². The zero-order chi connectivity index (χ0) is 62.8. The van der Waals surface area contributed by atoms with E-state index in [-0.39, 0.29) is 12.5 Å². The quantitative estimate of drug-likeness (QED) is 0.0261. The van der Waals surface area contributed by atoms with Crippen molar-refractivity contribution in [2.75, 3.05) is 13.2 Å². The van der Waals surface area contributed by atoms with Gasteiger partial charge in [-0.3, -0.25) is 4.79 Å². The van der Waals surface area contributed by atoms with Gasteiger partial charge in [0.15, 0.2) is 6.29 Å². The molecule has 87 heavy (non-hydrogen) atoms. The molecule has 9 heteroatoms. The molecule has 7 atom stereocenters. The minimum Gasteiger partial charge on any atom is -0.394 e. The Morgan fingerprint density at radius 2 is 0.713 bits per heavy atom. The van der Waals surface area contributed by atoms with E-state index in [4.69, 9.17) is 9.47 Å². The number of nitrogens with one attached hydrogen (secondary N) is 1. The molecule has 7 unspecified atom stereocenters. The van der Waals surface area contributed by atoms with Crippen molar-refractivity contribution in [1.82, 2.24) is 5.32 Å². The van der Waals surface area contributed by atoms with E-state index < -0.39 is 49.5 Å². The van der Waals surface area contributed by atoms with Gasteiger partial charge in [-0.15, -0.1) is 0 Å². The summed E-state index contributed by atoms with van der Waals surface area (Å²) >= 11 is 0. The summed E-state index contributed by atoms with van der Waals surface area (Å²) in [6.45, 7) is 3.78. The van der Waals surface area contributed by atoms with E-state index in [0.29, 0.717) is 12.8 Å². The second-order valence-corrected chi connectivity index (χ2v) is 26.8. The number of amides is 1. The van der Waals surface area contributed by atoms with Crippen LogP contribution in [0.3, 0.4) is 0 Å². The molecule has 1 fully saturated rings. The number of rotatable bonds is 68. The van der Waals surface area contributed by atoms with E-state index in [1.54, 1.807) is 0 Å². The first-order valence-corrected chi connectivity index (χ1v) is 38.3. The summed E-state index contributed by atoms with van der Waals surface area (Å²) in [4.78, 5) is 13.2. The lowest BCUT2D eigenvalue weighted by Crippen LogP contribution is -2.60. The van der Waals surface area contributed by atoms with Gasteiger partial charge in [0, 0.05) is 6.42 Å². The van der Waals surface area contributed by atoms with Crippen LogP contribution in [0, 0.1) is 0 Å². The summed E-state index contributed by atoms with van der Waals surface area (Å²) in [6.07, 6.45) is 84.9. The van der Waals surface area contributed by atoms with Gasteiger partial charge >= 0.3 is 0 Å². The van der Waals surface area contributed by atoms with E-state index in [0.717, 1.165) is 64.2 Å². The van der Waals surface area contributed by atoms with Crippen LogP contribution in [0.1, 0.15) is 386 Å². The van der Waals surface area contributed by atoms with Gasteiger partial charge in [0.05, 0.1) is 25.4 Å². The van der Waals surface area contributed by atoms with Gasteiger partial charge in [-0.25, -0.2) is 0 Å². The number of aliphatic hydroxyl groups is 5. The normalized spacial score (nSPS) is 18.2. The summed E-state index contributed by atoms with van der Waals surface area (Å²) in [5.41, 5.74) is 0. The maximum absolute atomic E-state index is 13.2. The summed E-state index contributed by atoms with van der Waals surface area (Å²) < 4.78 is 11.4. The summed E-state index contributed by atoms with van der Waals surface area (Å²) in [5, 5.41) is 55.1. The fourth-order valence-electron chi connectivity index (χ4n) is 12.5. The Labute approximate surface area is 539 Å². The maximum atomic E-state index is 13.2. The molecule has 0 bridgehead atoms. The first-order valence-electron chi connectivity index (χ1n) is 38.3. The molecule has 0 spiro atoms. The molecule has 0 radical (unpaired) electrons. The Balaban J connectivity index is 2.07. The highest BCUT2D eigenvalue weighted by Gasteiger charge is 2.44. The van der Waals surface area contributed by atoms with E-state index >= 15 is 0 Å². The second kappa shape index (κ2) is 67.1. The first kappa shape index (κ1) is 83.2. The molecule has 0 saturated carbocycles. The Bertz CT molecular complexity index is 1520. The smallest absolute Gasteiger partial charge is 0.220 e. The van der Waals surface area contributed by atoms with E-state index in [2.05, 4.69) is 67.8 Å². The molecule has 9 nitrogen and oxygen atoms in total. The van der Waals surface area contributed by atoms with Crippen molar-refractivity contribution < 1.29 is 39.8 Å². The average molecular weight is 1230 g/mol. The minimum absolute atomic E-state index is 0.135. The van der Waals surface area contributed by atoms with Crippen molar-refractivity contribution in [2.24, 2.45) is 0 Å². The third-order valence-electron chi connectivity index (χ3n) is 18.4. The van der Waals surface area contributed by atoms with Gasteiger partial charge in [-0.2, -0.15) is 0 Å². The van der Waals surface area contributed by atoms with Crippen LogP contribution in [0.25, 0.3) is 0 Å². The maximum Gasteiger partial charge on any atom is 0.220 e. The van der Waals surface area contributed by atoms with Crippen LogP contribution in [-0.2, 0) is 14.3 Å². The molecule has 1 aliphatic heterocycles. The number of unbranched alkanes of at least 4 members (excludes halogenated alkanes) is 50. The average Bonchev–Trinajstić information content (AvgIpc) is 3.47. The molecule has 0 aromatic rings. The Hall–Kier alpha value is -1.85. The molecule has 0 aliphatic carbocycles. The Morgan fingerprint density at radius 1 is 0.402 bits per heavy atom. The molecular weight excluding hydrogens is 1080 g/mol. The molecule has 1 rings (SSSR count). The van der Waals surface area contributed by atoms with Crippen LogP contribution in [0.5, 0.6) is 0 Å². The van der Waals surface area contributed by atoms with Gasteiger partial charge in [-0.1, -0.05) is 377 Å². The molecule has 1 aliphatic rings. The van der Waals surface area contributed by atoms with E-state index in [1.807, 2.05) is 0 Å². The van der Waals surface area contributed by atoms with Crippen LogP contribution in [0.2, 0.25) is 0 Å². The zero-order valence-electron chi connectivity index (χ0n) is 57.5. The van der Waals surface area contributed by atoms with Crippen LogP contribution >= 0.6 is 0 Å². The number of carbonyl (C=O) groups is 1. The van der Waals surface area contributed by atoms with Crippen LogP contribution < -0.4 is 5.32 Å². The number of carbonyl (C=O) groups excluding carboxylic acids is 1. The number of aliphatic hydroxyl groups excluding tert-OH is 5. The van der Waals surface area contributed by atoms with Crippen LogP contribution in [-0.4, -0.2) is 87.5 Å². The second-order valence-electron chi connectivity index (χ2n) is 26.8. The molecule has 0 aromatic heterocycles. The Morgan fingerprint density at radius 3 is 1.06 bits per heavy atom. The zero-order valence-corrected chi connectivity index (χ0v) is 57.5. The summed E-state index contributed by atoms with van der Waals surface area (Å²) in [7, 11) is 0. The molecule has 1 amide bonds. The lowest BCUT2D eigenvalue weighted by Gasteiger charge is -2.40. The highest BCUT2D eigenvalue weighted by atomic mass is 16.7. The third-order valence-corrected chi connectivity index (χ3v) is 18.4. The van der Waals surface area contributed by atoms with Gasteiger partial charge in [-0.05, 0) is 51.4 Å². The van der Waals surface area contributed by atoms with Crippen molar-refractivity contribution in [3.05, 3.63) is 48.6 Å².